The number of hydrogen-bond donors (Lipinski definition) is 0. The van der Waals surface area contributed by atoms with E-state index < -0.39 is 36.0 Å². The molecule has 0 atom stereocenters. The van der Waals surface area contributed by atoms with Crippen LogP contribution in [0.5, 0.6) is 5.75 Å². The minimum absolute atomic E-state index is 0.190. The molecular formula is C9H3F6IN2O. The largest absolute Gasteiger partial charge is 0.573 e. The van der Waals surface area contributed by atoms with E-state index >= 15 is 0 Å². The zero-order chi connectivity index (χ0) is 14.8. The fourth-order valence-electron chi connectivity index (χ4n) is 1.19. The summed E-state index contributed by atoms with van der Waals surface area (Å²) in [4.78, 5) is 3.46. The molecule has 1 aromatic rings. The normalized spacial score (nSPS) is 12.1. The lowest BCUT2D eigenvalue weighted by molar-refractivity contribution is -0.276. The van der Waals surface area contributed by atoms with Crippen LogP contribution in [0.25, 0.3) is 0 Å². The first-order valence-electron chi connectivity index (χ1n) is 4.44. The van der Waals surface area contributed by atoms with Crippen molar-refractivity contribution in [3.63, 3.8) is 0 Å². The lowest BCUT2D eigenvalue weighted by Gasteiger charge is -2.17. The number of alkyl halides is 6. The van der Waals surface area contributed by atoms with E-state index in [1.165, 1.54) is 28.7 Å². The van der Waals surface area contributed by atoms with Crippen molar-refractivity contribution in [3.8, 4) is 11.8 Å². The molecule has 1 heterocycles. The fraction of sp³-hybridized carbons (Fsp3) is 0.333. The molecule has 0 saturated heterocycles. The number of halogens is 7. The van der Waals surface area contributed by atoms with E-state index in [4.69, 9.17) is 5.26 Å². The predicted octanol–water partition coefficient (Wildman–Crippen LogP) is 3.67. The standard InChI is InChI=1S/C9H3F6IN2O/c10-8(11,12)4-3-6(16)18-5(1-2-17)7(4)19-9(13,14)15/h3H,1H2. The molecule has 10 heteroatoms. The van der Waals surface area contributed by atoms with Gasteiger partial charge in [0, 0.05) is 0 Å². The van der Waals surface area contributed by atoms with Crippen LogP contribution in [-0.2, 0) is 12.6 Å². The molecule has 0 aliphatic carbocycles. The summed E-state index contributed by atoms with van der Waals surface area (Å²) in [6, 6.07) is 1.85. The Labute approximate surface area is 116 Å². The van der Waals surface area contributed by atoms with Crippen LogP contribution in [0.3, 0.4) is 0 Å². The first-order valence-corrected chi connectivity index (χ1v) is 5.52. The fourth-order valence-corrected chi connectivity index (χ4v) is 1.79. The van der Waals surface area contributed by atoms with Gasteiger partial charge in [-0.25, -0.2) is 4.98 Å². The van der Waals surface area contributed by atoms with Gasteiger partial charge in [-0.1, -0.05) is 0 Å². The molecule has 1 rings (SSSR count). The first-order chi connectivity index (χ1) is 8.54. The minimum Gasteiger partial charge on any atom is -0.403 e. The number of rotatable bonds is 2. The van der Waals surface area contributed by atoms with Crippen molar-refractivity contribution in [3.05, 3.63) is 21.0 Å². The van der Waals surface area contributed by atoms with Crippen LogP contribution in [0.1, 0.15) is 11.3 Å². The zero-order valence-electron chi connectivity index (χ0n) is 8.73. The highest BCUT2D eigenvalue weighted by Gasteiger charge is 2.41. The van der Waals surface area contributed by atoms with Crippen LogP contribution in [0, 0.1) is 15.0 Å². The summed E-state index contributed by atoms with van der Waals surface area (Å²) < 4.78 is 77.5. The molecule has 0 N–H and O–H groups in total. The molecule has 0 aromatic carbocycles. The molecule has 0 unspecified atom stereocenters. The molecular weight excluding hydrogens is 393 g/mol. The summed E-state index contributed by atoms with van der Waals surface area (Å²) in [5.74, 6) is -1.48. The maximum atomic E-state index is 12.7. The maximum Gasteiger partial charge on any atom is 0.573 e. The Morgan fingerprint density at radius 3 is 2.26 bits per heavy atom. The summed E-state index contributed by atoms with van der Waals surface area (Å²) in [5, 5.41) is 8.42. The Bertz CT molecular complexity index is 519. The van der Waals surface area contributed by atoms with E-state index in [0.717, 1.165) is 0 Å². The van der Waals surface area contributed by atoms with Crippen molar-refractivity contribution < 1.29 is 31.1 Å². The Morgan fingerprint density at radius 1 is 1.26 bits per heavy atom. The van der Waals surface area contributed by atoms with Gasteiger partial charge < -0.3 is 4.74 Å². The second kappa shape index (κ2) is 5.40. The average molecular weight is 396 g/mol. The van der Waals surface area contributed by atoms with E-state index in [2.05, 4.69) is 9.72 Å². The van der Waals surface area contributed by atoms with Crippen molar-refractivity contribution >= 4 is 22.6 Å². The lowest BCUT2D eigenvalue weighted by atomic mass is 10.1. The molecule has 0 amide bonds. The third kappa shape index (κ3) is 4.41. The van der Waals surface area contributed by atoms with Gasteiger partial charge in [0.25, 0.3) is 0 Å². The molecule has 3 nitrogen and oxygen atoms in total. The second-order valence-electron chi connectivity index (χ2n) is 3.15. The SMILES string of the molecule is N#CCc1nc(I)cc(C(F)(F)F)c1OC(F)(F)F. The summed E-state index contributed by atoms with van der Waals surface area (Å²) in [7, 11) is 0. The molecule has 0 aliphatic rings. The molecule has 104 valence electrons. The Balaban J connectivity index is 3.48. The van der Waals surface area contributed by atoms with Crippen LogP contribution in [0.4, 0.5) is 26.3 Å². The van der Waals surface area contributed by atoms with Gasteiger partial charge in [0.1, 0.15) is 9.26 Å². The molecule has 0 bridgehead atoms. The van der Waals surface area contributed by atoms with Crippen molar-refractivity contribution in [1.82, 2.24) is 4.98 Å². The Hall–Kier alpha value is -1.25. The topological polar surface area (TPSA) is 45.9 Å². The third-order valence-electron chi connectivity index (χ3n) is 1.78. The number of nitrogens with zero attached hydrogens (tertiary/aromatic N) is 2. The van der Waals surface area contributed by atoms with E-state index in [9.17, 15) is 26.3 Å². The minimum atomic E-state index is -5.31. The van der Waals surface area contributed by atoms with Crippen molar-refractivity contribution in [2.75, 3.05) is 0 Å². The number of hydrogen-bond acceptors (Lipinski definition) is 3. The van der Waals surface area contributed by atoms with Gasteiger partial charge in [0.05, 0.1) is 18.2 Å². The van der Waals surface area contributed by atoms with Gasteiger partial charge in [-0.15, -0.1) is 13.2 Å². The van der Waals surface area contributed by atoms with Gasteiger partial charge in [-0.05, 0) is 28.7 Å². The van der Waals surface area contributed by atoms with Gasteiger partial charge in [0.2, 0.25) is 0 Å². The van der Waals surface area contributed by atoms with Gasteiger partial charge in [0.15, 0.2) is 5.75 Å². The van der Waals surface area contributed by atoms with Gasteiger partial charge in [-0.3, -0.25) is 0 Å². The summed E-state index contributed by atoms with van der Waals surface area (Å²) in [6.45, 7) is 0. The molecule has 19 heavy (non-hydrogen) atoms. The molecule has 0 fully saturated rings. The molecule has 1 aromatic heterocycles. The number of nitriles is 1. The monoisotopic (exact) mass is 396 g/mol. The van der Waals surface area contributed by atoms with Crippen molar-refractivity contribution in [1.29, 1.82) is 5.26 Å². The van der Waals surface area contributed by atoms with E-state index in [1.54, 1.807) is 0 Å². The smallest absolute Gasteiger partial charge is 0.403 e. The van der Waals surface area contributed by atoms with Gasteiger partial charge in [-0.2, -0.15) is 18.4 Å². The third-order valence-corrected chi connectivity index (χ3v) is 2.33. The van der Waals surface area contributed by atoms with E-state index in [1.807, 2.05) is 0 Å². The number of ether oxygens (including phenoxy) is 1. The maximum absolute atomic E-state index is 12.7. The van der Waals surface area contributed by atoms with Crippen LogP contribution in [0.15, 0.2) is 6.07 Å². The van der Waals surface area contributed by atoms with E-state index in [-0.39, 0.29) is 3.70 Å². The van der Waals surface area contributed by atoms with Crippen LogP contribution >= 0.6 is 22.6 Å². The molecule has 0 radical (unpaired) electrons. The van der Waals surface area contributed by atoms with Crippen molar-refractivity contribution in [2.24, 2.45) is 0 Å². The number of pyridine rings is 1. The van der Waals surface area contributed by atoms with Gasteiger partial charge >= 0.3 is 12.5 Å². The Morgan fingerprint density at radius 2 is 1.84 bits per heavy atom. The second-order valence-corrected chi connectivity index (χ2v) is 4.25. The Kier molecular flexibility index (Phi) is 4.49. The average Bonchev–Trinajstić information content (AvgIpc) is 2.18. The predicted molar refractivity (Wildman–Crippen MR) is 58.0 cm³/mol. The van der Waals surface area contributed by atoms with Crippen LogP contribution in [0.2, 0.25) is 0 Å². The summed E-state index contributed by atoms with van der Waals surface area (Å²) >= 11 is 1.41. The summed E-state index contributed by atoms with van der Waals surface area (Å²) in [6.07, 6.45) is -11.1. The molecule has 0 aliphatic heterocycles. The zero-order valence-corrected chi connectivity index (χ0v) is 10.9. The molecule has 0 spiro atoms. The first kappa shape index (κ1) is 15.8. The van der Waals surface area contributed by atoms with Crippen LogP contribution in [-0.4, -0.2) is 11.3 Å². The van der Waals surface area contributed by atoms with Crippen LogP contribution < -0.4 is 4.74 Å². The van der Waals surface area contributed by atoms with E-state index in [0.29, 0.717) is 6.07 Å². The molecule has 0 saturated carbocycles. The highest BCUT2D eigenvalue weighted by Crippen LogP contribution is 2.40. The summed E-state index contributed by atoms with van der Waals surface area (Å²) in [5.41, 5.74) is -2.33. The van der Waals surface area contributed by atoms with Crippen molar-refractivity contribution in [2.45, 2.75) is 19.0 Å². The number of aromatic nitrogens is 1. The highest BCUT2D eigenvalue weighted by molar-refractivity contribution is 14.1. The quantitative estimate of drug-likeness (QED) is 0.436. The lowest BCUT2D eigenvalue weighted by Crippen LogP contribution is -2.22. The highest BCUT2D eigenvalue weighted by atomic mass is 127.